The van der Waals surface area contributed by atoms with Gasteiger partial charge in [-0.15, -0.1) is 0 Å². The van der Waals surface area contributed by atoms with Gasteiger partial charge in [0.2, 0.25) is 11.8 Å². The molecule has 1 heterocycles. The van der Waals surface area contributed by atoms with E-state index in [-0.39, 0.29) is 23.9 Å². The molecule has 2 aliphatic rings. The van der Waals surface area contributed by atoms with Crippen LogP contribution < -0.4 is 5.32 Å². The minimum absolute atomic E-state index is 0.0000638. The summed E-state index contributed by atoms with van der Waals surface area (Å²) in [6.45, 7) is 2.47. The smallest absolute Gasteiger partial charge is 0.246 e. The summed E-state index contributed by atoms with van der Waals surface area (Å²) in [5.74, 6) is 0.435. The molecule has 2 unspecified atom stereocenters. The number of hydrogen-bond donors (Lipinski definition) is 1. The second kappa shape index (κ2) is 5.27. The SMILES string of the molecule is CCC1C(=O)NC(C2CC2)C(=O)N1Cc1ccccc1. The molecule has 2 amide bonds. The number of amides is 2. The molecule has 1 aliphatic carbocycles. The highest BCUT2D eigenvalue weighted by Gasteiger charge is 2.46. The molecule has 4 heteroatoms. The predicted octanol–water partition coefficient (Wildman–Crippen LogP) is 1.70. The number of carbonyl (C=O) groups excluding carboxylic acids is 2. The summed E-state index contributed by atoms with van der Waals surface area (Å²) in [7, 11) is 0. The minimum Gasteiger partial charge on any atom is -0.342 e. The van der Waals surface area contributed by atoms with E-state index in [2.05, 4.69) is 5.32 Å². The van der Waals surface area contributed by atoms with Crippen LogP contribution in [0.25, 0.3) is 0 Å². The molecule has 0 aromatic heterocycles. The fourth-order valence-electron chi connectivity index (χ4n) is 2.91. The summed E-state index contributed by atoms with van der Waals surface area (Å²) in [5, 5.41) is 2.91. The first-order valence-corrected chi connectivity index (χ1v) is 7.35. The lowest BCUT2D eigenvalue weighted by atomic mass is 10.0. The molecule has 0 radical (unpaired) electrons. The number of carbonyl (C=O) groups is 2. The zero-order valence-corrected chi connectivity index (χ0v) is 11.7. The normalized spacial score (nSPS) is 26.6. The molecule has 0 spiro atoms. The molecule has 1 saturated heterocycles. The molecule has 3 rings (SSSR count). The molecule has 1 aromatic rings. The number of rotatable bonds is 4. The lowest BCUT2D eigenvalue weighted by Crippen LogP contribution is -2.63. The van der Waals surface area contributed by atoms with Crippen molar-refractivity contribution in [2.45, 2.75) is 44.8 Å². The van der Waals surface area contributed by atoms with Gasteiger partial charge in [-0.25, -0.2) is 0 Å². The molecule has 2 atom stereocenters. The van der Waals surface area contributed by atoms with Crippen LogP contribution in [0.2, 0.25) is 0 Å². The Morgan fingerprint density at radius 2 is 1.90 bits per heavy atom. The quantitative estimate of drug-likeness (QED) is 0.907. The van der Waals surface area contributed by atoms with Crippen molar-refractivity contribution in [2.75, 3.05) is 0 Å². The molecule has 1 saturated carbocycles. The molecular weight excluding hydrogens is 252 g/mol. The van der Waals surface area contributed by atoms with Crippen molar-refractivity contribution in [1.82, 2.24) is 10.2 Å². The summed E-state index contributed by atoms with van der Waals surface area (Å²) >= 11 is 0. The van der Waals surface area contributed by atoms with Crippen LogP contribution >= 0.6 is 0 Å². The number of piperazine rings is 1. The van der Waals surface area contributed by atoms with E-state index in [9.17, 15) is 9.59 Å². The Kier molecular flexibility index (Phi) is 3.47. The van der Waals surface area contributed by atoms with Crippen LogP contribution in [0.1, 0.15) is 31.7 Å². The van der Waals surface area contributed by atoms with E-state index in [0.717, 1.165) is 18.4 Å². The highest BCUT2D eigenvalue weighted by atomic mass is 16.2. The van der Waals surface area contributed by atoms with Gasteiger partial charge in [-0.3, -0.25) is 9.59 Å². The monoisotopic (exact) mass is 272 g/mol. The van der Waals surface area contributed by atoms with Crippen LogP contribution in [0.15, 0.2) is 30.3 Å². The van der Waals surface area contributed by atoms with Crippen molar-refractivity contribution in [3.8, 4) is 0 Å². The van der Waals surface area contributed by atoms with Crippen LogP contribution in [-0.2, 0) is 16.1 Å². The Bertz CT molecular complexity index is 510. The second-order valence-electron chi connectivity index (χ2n) is 5.70. The van der Waals surface area contributed by atoms with Gasteiger partial charge >= 0.3 is 0 Å². The van der Waals surface area contributed by atoms with Crippen molar-refractivity contribution in [3.63, 3.8) is 0 Å². The molecule has 1 aromatic carbocycles. The highest BCUT2D eigenvalue weighted by Crippen LogP contribution is 2.35. The van der Waals surface area contributed by atoms with E-state index < -0.39 is 0 Å². The highest BCUT2D eigenvalue weighted by molar-refractivity contribution is 5.97. The standard InChI is InChI=1S/C16H20N2O2/c1-2-13-15(19)17-14(12-8-9-12)16(20)18(13)10-11-6-4-3-5-7-11/h3-7,12-14H,2,8-10H2,1H3,(H,17,19). The van der Waals surface area contributed by atoms with Gasteiger partial charge in [-0.1, -0.05) is 37.3 Å². The number of benzene rings is 1. The van der Waals surface area contributed by atoms with E-state index in [0.29, 0.717) is 18.9 Å². The lowest BCUT2D eigenvalue weighted by molar-refractivity contribution is -0.150. The first-order valence-electron chi connectivity index (χ1n) is 7.35. The number of nitrogens with zero attached hydrogens (tertiary/aromatic N) is 1. The van der Waals surface area contributed by atoms with Crippen molar-refractivity contribution in [1.29, 1.82) is 0 Å². The maximum Gasteiger partial charge on any atom is 0.246 e. The van der Waals surface area contributed by atoms with Crippen LogP contribution in [0.3, 0.4) is 0 Å². The van der Waals surface area contributed by atoms with Crippen LogP contribution in [-0.4, -0.2) is 28.8 Å². The maximum absolute atomic E-state index is 12.6. The van der Waals surface area contributed by atoms with Crippen molar-refractivity contribution in [3.05, 3.63) is 35.9 Å². The largest absolute Gasteiger partial charge is 0.342 e. The lowest BCUT2D eigenvalue weighted by Gasteiger charge is -2.39. The van der Waals surface area contributed by atoms with Gasteiger partial charge in [0, 0.05) is 6.54 Å². The molecular formula is C16H20N2O2. The molecule has 4 nitrogen and oxygen atoms in total. The fraction of sp³-hybridized carbons (Fsp3) is 0.500. The van der Waals surface area contributed by atoms with Gasteiger partial charge < -0.3 is 10.2 Å². The van der Waals surface area contributed by atoms with Crippen LogP contribution in [0, 0.1) is 5.92 Å². The Balaban J connectivity index is 1.83. The molecule has 2 fully saturated rings. The third-order valence-corrected chi connectivity index (χ3v) is 4.20. The summed E-state index contributed by atoms with van der Waals surface area (Å²) in [4.78, 5) is 26.6. The zero-order valence-electron chi connectivity index (χ0n) is 11.7. The minimum atomic E-state index is -0.335. The van der Waals surface area contributed by atoms with Crippen molar-refractivity contribution < 1.29 is 9.59 Å². The fourth-order valence-corrected chi connectivity index (χ4v) is 2.91. The second-order valence-corrected chi connectivity index (χ2v) is 5.70. The molecule has 106 valence electrons. The van der Waals surface area contributed by atoms with E-state index in [1.807, 2.05) is 37.3 Å². The maximum atomic E-state index is 12.6. The van der Waals surface area contributed by atoms with Gasteiger partial charge in [-0.2, -0.15) is 0 Å². The van der Waals surface area contributed by atoms with E-state index >= 15 is 0 Å². The predicted molar refractivity (Wildman–Crippen MR) is 75.7 cm³/mol. The van der Waals surface area contributed by atoms with Gasteiger partial charge in [-0.05, 0) is 30.7 Å². The third kappa shape index (κ3) is 2.42. The Morgan fingerprint density at radius 3 is 2.50 bits per heavy atom. The van der Waals surface area contributed by atoms with E-state index in [1.165, 1.54) is 0 Å². The van der Waals surface area contributed by atoms with E-state index in [1.54, 1.807) is 4.90 Å². The Morgan fingerprint density at radius 1 is 1.20 bits per heavy atom. The summed E-state index contributed by atoms with van der Waals surface area (Å²) < 4.78 is 0. The topological polar surface area (TPSA) is 49.4 Å². The van der Waals surface area contributed by atoms with E-state index in [4.69, 9.17) is 0 Å². The summed E-state index contributed by atoms with van der Waals surface area (Å²) in [6, 6.07) is 9.24. The number of hydrogen-bond acceptors (Lipinski definition) is 2. The summed E-state index contributed by atoms with van der Waals surface area (Å²) in [5.41, 5.74) is 1.07. The molecule has 20 heavy (non-hydrogen) atoms. The first-order chi connectivity index (χ1) is 9.70. The Hall–Kier alpha value is -1.84. The summed E-state index contributed by atoms with van der Waals surface area (Å²) in [6.07, 6.45) is 2.75. The Labute approximate surface area is 119 Å². The van der Waals surface area contributed by atoms with Gasteiger partial charge in [0.15, 0.2) is 0 Å². The number of nitrogens with one attached hydrogen (secondary N) is 1. The van der Waals surface area contributed by atoms with Crippen LogP contribution in [0.4, 0.5) is 0 Å². The average Bonchev–Trinajstić information content (AvgIpc) is 3.28. The van der Waals surface area contributed by atoms with Crippen molar-refractivity contribution >= 4 is 11.8 Å². The van der Waals surface area contributed by atoms with Gasteiger partial charge in [0.05, 0.1) is 0 Å². The average molecular weight is 272 g/mol. The molecule has 1 N–H and O–H groups in total. The zero-order chi connectivity index (χ0) is 14.1. The third-order valence-electron chi connectivity index (χ3n) is 4.20. The van der Waals surface area contributed by atoms with Gasteiger partial charge in [0.1, 0.15) is 12.1 Å². The van der Waals surface area contributed by atoms with Crippen molar-refractivity contribution in [2.24, 2.45) is 5.92 Å². The van der Waals surface area contributed by atoms with Gasteiger partial charge in [0.25, 0.3) is 0 Å². The van der Waals surface area contributed by atoms with Crippen LogP contribution in [0.5, 0.6) is 0 Å². The molecule has 0 bridgehead atoms. The molecule has 1 aliphatic heterocycles. The first kappa shape index (κ1) is 13.2.